The minimum absolute atomic E-state index is 0.152. The Morgan fingerprint density at radius 1 is 1.06 bits per heavy atom. The zero-order chi connectivity index (χ0) is 22.6. The van der Waals surface area contributed by atoms with Gasteiger partial charge in [-0.15, -0.1) is 0 Å². The molecule has 0 spiro atoms. The van der Waals surface area contributed by atoms with E-state index in [0.717, 1.165) is 23.5 Å². The fourth-order valence-corrected chi connectivity index (χ4v) is 3.65. The predicted molar refractivity (Wildman–Crippen MR) is 115 cm³/mol. The van der Waals surface area contributed by atoms with Crippen LogP contribution in [-0.4, -0.2) is 30.1 Å². The van der Waals surface area contributed by atoms with Gasteiger partial charge in [-0.25, -0.2) is 4.98 Å². The SMILES string of the molecule is O=C(NCc1ccccc1)c1ccccc1N1CC[C@H](Oc2ccc(C(F)(F)F)cn2)C1. The highest BCUT2D eigenvalue weighted by atomic mass is 19.4. The van der Waals surface area contributed by atoms with Crippen molar-refractivity contribution < 1.29 is 22.7 Å². The normalized spacial score (nSPS) is 16.1. The van der Waals surface area contributed by atoms with E-state index in [0.29, 0.717) is 31.6 Å². The van der Waals surface area contributed by atoms with E-state index in [1.54, 1.807) is 6.07 Å². The molecule has 1 N–H and O–H groups in total. The van der Waals surface area contributed by atoms with Crippen LogP contribution in [0.3, 0.4) is 0 Å². The molecule has 0 radical (unpaired) electrons. The summed E-state index contributed by atoms with van der Waals surface area (Å²) in [5, 5.41) is 2.95. The number of nitrogens with one attached hydrogen (secondary N) is 1. The molecule has 0 unspecified atom stereocenters. The molecule has 1 atom stereocenters. The number of anilines is 1. The zero-order valence-electron chi connectivity index (χ0n) is 17.2. The minimum Gasteiger partial charge on any atom is -0.472 e. The summed E-state index contributed by atoms with van der Waals surface area (Å²) in [5.74, 6) is -0.0167. The van der Waals surface area contributed by atoms with Gasteiger partial charge >= 0.3 is 6.18 Å². The van der Waals surface area contributed by atoms with Gasteiger partial charge < -0.3 is 15.0 Å². The lowest BCUT2D eigenvalue weighted by atomic mass is 10.1. The number of aromatic nitrogens is 1. The van der Waals surface area contributed by atoms with Crippen LogP contribution in [0.5, 0.6) is 5.88 Å². The molecule has 1 aliphatic rings. The van der Waals surface area contributed by atoms with Crippen LogP contribution in [0.4, 0.5) is 18.9 Å². The fourth-order valence-electron chi connectivity index (χ4n) is 3.65. The van der Waals surface area contributed by atoms with Crippen LogP contribution < -0.4 is 15.0 Å². The lowest BCUT2D eigenvalue weighted by Crippen LogP contribution is -2.29. The molecule has 0 bridgehead atoms. The van der Waals surface area contributed by atoms with Crippen LogP contribution in [-0.2, 0) is 12.7 Å². The van der Waals surface area contributed by atoms with Gasteiger partial charge in [0.25, 0.3) is 5.91 Å². The largest absolute Gasteiger partial charge is 0.472 e. The summed E-state index contributed by atoms with van der Waals surface area (Å²) >= 11 is 0. The van der Waals surface area contributed by atoms with Gasteiger partial charge in [-0.1, -0.05) is 42.5 Å². The fraction of sp³-hybridized carbons (Fsp3) is 0.250. The van der Waals surface area contributed by atoms with E-state index in [2.05, 4.69) is 10.3 Å². The molecule has 5 nitrogen and oxygen atoms in total. The third kappa shape index (κ3) is 5.19. The maximum absolute atomic E-state index is 12.8. The minimum atomic E-state index is -4.43. The molecular formula is C24H22F3N3O2. The van der Waals surface area contributed by atoms with Crippen LogP contribution in [0.25, 0.3) is 0 Å². The Hall–Kier alpha value is -3.55. The molecule has 1 fully saturated rings. The van der Waals surface area contributed by atoms with Crippen molar-refractivity contribution in [3.05, 3.63) is 89.6 Å². The molecule has 1 aliphatic heterocycles. The molecule has 2 heterocycles. The second kappa shape index (κ2) is 9.30. The smallest absolute Gasteiger partial charge is 0.417 e. The van der Waals surface area contributed by atoms with Crippen molar-refractivity contribution >= 4 is 11.6 Å². The molecule has 0 aliphatic carbocycles. The van der Waals surface area contributed by atoms with Crippen LogP contribution >= 0.6 is 0 Å². The van der Waals surface area contributed by atoms with Crippen molar-refractivity contribution in [2.45, 2.75) is 25.2 Å². The molecule has 3 aromatic rings. The van der Waals surface area contributed by atoms with Gasteiger partial charge in [0.15, 0.2) is 0 Å². The average Bonchev–Trinajstić information content (AvgIpc) is 3.26. The summed E-state index contributed by atoms with van der Waals surface area (Å²) in [6.45, 7) is 1.60. The number of nitrogens with zero attached hydrogens (tertiary/aromatic N) is 2. The van der Waals surface area contributed by atoms with Gasteiger partial charge in [-0.05, 0) is 23.8 Å². The number of amides is 1. The van der Waals surface area contributed by atoms with Crippen molar-refractivity contribution in [2.24, 2.45) is 0 Å². The molecule has 0 saturated carbocycles. The van der Waals surface area contributed by atoms with Crippen LogP contribution in [0.1, 0.15) is 27.9 Å². The van der Waals surface area contributed by atoms with E-state index in [9.17, 15) is 18.0 Å². The number of ether oxygens (including phenoxy) is 1. The molecule has 1 aromatic heterocycles. The number of benzene rings is 2. The van der Waals surface area contributed by atoms with Crippen molar-refractivity contribution in [2.75, 3.05) is 18.0 Å². The summed E-state index contributed by atoms with van der Waals surface area (Å²) in [4.78, 5) is 18.6. The highest BCUT2D eigenvalue weighted by Gasteiger charge is 2.31. The van der Waals surface area contributed by atoms with Gasteiger partial charge in [-0.2, -0.15) is 13.2 Å². The molecule has 2 aromatic carbocycles. The van der Waals surface area contributed by atoms with E-state index >= 15 is 0 Å². The molecule has 166 valence electrons. The number of rotatable bonds is 6. The Morgan fingerprint density at radius 2 is 1.81 bits per heavy atom. The number of hydrogen-bond donors (Lipinski definition) is 1. The molecule has 4 rings (SSSR count). The van der Waals surface area contributed by atoms with Gasteiger partial charge in [0.1, 0.15) is 6.10 Å². The summed E-state index contributed by atoms with van der Waals surface area (Å²) in [6.07, 6.45) is -3.22. The summed E-state index contributed by atoms with van der Waals surface area (Å²) in [6, 6.07) is 19.2. The maximum Gasteiger partial charge on any atom is 0.417 e. The third-order valence-corrected chi connectivity index (χ3v) is 5.28. The molecular weight excluding hydrogens is 419 g/mol. The number of pyridine rings is 1. The Balaban J connectivity index is 1.39. The zero-order valence-corrected chi connectivity index (χ0v) is 17.2. The lowest BCUT2D eigenvalue weighted by molar-refractivity contribution is -0.137. The van der Waals surface area contributed by atoms with Crippen molar-refractivity contribution in [3.63, 3.8) is 0 Å². The van der Waals surface area contributed by atoms with E-state index in [1.165, 1.54) is 6.07 Å². The first kappa shape index (κ1) is 21.7. The van der Waals surface area contributed by atoms with E-state index in [4.69, 9.17) is 4.74 Å². The van der Waals surface area contributed by atoms with Gasteiger partial charge in [0.2, 0.25) is 5.88 Å². The highest BCUT2D eigenvalue weighted by Crippen LogP contribution is 2.30. The van der Waals surface area contributed by atoms with Gasteiger partial charge in [-0.3, -0.25) is 4.79 Å². The second-order valence-electron chi connectivity index (χ2n) is 7.54. The van der Waals surface area contributed by atoms with E-state index < -0.39 is 11.7 Å². The number of para-hydroxylation sites is 1. The Morgan fingerprint density at radius 3 is 2.53 bits per heavy atom. The number of alkyl halides is 3. The first-order valence-corrected chi connectivity index (χ1v) is 10.3. The number of carbonyl (C=O) groups excluding carboxylic acids is 1. The first-order chi connectivity index (χ1) is 15.4. The standard InChI is InChI=1S/C24H22F3N3O2/c25-24(26,27)18-10-11-22(28-15-18)32-19-12-13-30(16-19)21-9-5-4-8-20(21)23(31)29-14-17-6-2-1-3-7-17/h1-11,15,19H,12-14,16H2,(H,29,31)/t19-/m0/s1. The average molecular weight is 441 g/mol. The molecule has 1 saturated heterocycles. The quantitative estimate of drug-likeness (QED) is 0.603. The number of carbonyl (C=O) groups is 1. The summed E-state index contributed by atoms with van der Waals surface area (Å²) in [7, 11) is 0. The predicted octanol–water partition coefficient (Wildman–Crippen LogP) is 4.69. The van der Waals surface area contributed by atoms with Gasteiger partial charge in [0.05, 0.1) is 17.7 Å². The van der Waals surface area contributed by atoms with E-state index in [-0.39, 0.29) is 17.9 Å². The Kier molecular flexibility index (Phi) is 6.30. The summed E-state index contributed by atoms with van der Waals surface area (Å²) < 4.78 is 43.9. The topological polar surface area (TPSA) is 54.5 Å². The summed E-state index contributed by atoms with van der Waals surface area (Å²) in [5.41, 5.74) is 1.56. The number of halogens is 3. The molecule has 8 heteroatoms. The van der Waals surface area contributed by atoms with Gasteiger partial charge in [0, 0.05) is 37.5 Å². The van der Waals surface area contributed by atoms with Crippen LogP contribution in [0, 0.1) is 0 Å². The Labute approximate surface area is 183 Å². The second-order valence-corrected chi connectivity index (χ2v) is 7.54. The highest BCUT2D eigenvalue weighted by molar-refractivity contribution is 5.99. The Bertz CT molecular complexity index is 1060. The van der Waals surface area contributed by atoms with E-state index in [1.807, 2.05) is 53.4 Å². The third-order valence-electron chi connectivity index (χ3n) is 5.28. The van der Waals surface area contributed by atoms with Crippen LogP contribution in [0.15, 0.2) is 72.9 Å². The van der Waals surface area contributed by atoms with Crippen molar-refractivity contribution in [3.8, 4) is 5.88 Å². The monoisotopic (exact) mass is 441 g/mol. The molecule has 32 heavy (non-hydrogen) atoms. The molecule has 1 amide bonds. The number of hydrogen-bond acceptors (Lipinski definition) is 4. The lowest BCUT2D eigenvalue weighted by Gasteiger charge is -2.22. The first-order valence-electron chi connectivity index (χ1n) is 10.3. The van der Waals surface area contributed by atoms with Crippen molar-refractivity contribution in [1.82, 2.24) is 10.3 Å². The van der Waals surface area contributed by atoms with Crippen LogP contribution in [0.2, 0.25) is 0 Å². The maximum atomic E-state index is 12.8. The van der Waals surface area contributed by atoms with Crippen molar-refractivity contribution in [1.29, 1.82) is 0 Å².